The summed E-state index contributed by atoms with van der Waals surface area (Å²) in [5.41, 5.74) is -0.169. The van der Waals surface area contributed by atoms with E-state index in [1.807, 2.05) is 0 Å². The summed E-state index contributed by atoms with van der Waals surface area (Å²) in [6, 6.07) is 0.544. The van der Waals surface area contributed by atoms with Gasteiger partial charge in [0.1, 0.15) is 6.29 Å². The van der Waals surface area contributed by atoms with Crippen molar-refractivity contribution in [2.45, 2.75) is 50.7 Å². The van der Waals surface area contributed by atoms with Crippen LogP contribution in [0.3, 0.4) is 0 Å². The summed E-state index contributed by atoms with van der Waals surface area (Å²) in [7, 11) is 0. The predicted molar refractivity (Wildman–Crippen MR) is 72.1 cm³/mol. The van der Waals surface area contributed by atoms with E-state index < -0.39 is 0 Å². The van der Waals surface area contributed by atoms with Crippen LogP contribution >= 0.6 is 0 Å². The molecule has 0 aromatic rings. The maximum absolute atomic E-state index is 11.6. The van der Waals surface area contributed by atoms with Crippen molar-refractivity contribution < 1.29 is 14.3 Å². The minimum absolute atomic E-state index is 0.169. The molecule has 0 N–H and O–H groups in total. The van der Waals surface area contributed by atoms with Gasteiger partial charge in [-0.25, -0.2) is 0 Å². The minimum Gasteiger partial charge on any atom is -0.381 e. The molecule has 19 heavy (non-hydrogen) atoms. The molecule has 0 spiro atoms. The Kier molecular flexibility index (Phi) is 4.20. The summed E-state index contributed by atoms with van der Waals surface area (Å²) in [6.45, 7) is 4.18. The number of morpholine rings is 1. The lowest BCUT2D eigenvalue weighted by molar-refractivity contribution is -0.132. The van der Waals surface area contributed by atoms with E-state index in [4.69, 9.17) is 9.47 Å². The van der Waals surface area contributed by atoms with Gasteiger partial charge in [0.25, 0.3) is 0 Å². The molecule has 2 atom stereocenters. The molecule has 4 heteroatoms. The molecule has 0 aromatic carbocycles. The fraction of sp³-hybridized carbons (Fsp3) is 0.933. The first-order valence-corrected chi connectivity index (χ1v) is 7.73. The number of fused-ring (bicyclic) bond motifs is 1. The van der Waals surface area contributed by atoms with Crippen molar-refractivity contribution in [1.29, 1.82) is 0 Å². The minimum atomic E-state index is -0.169. The van der Waals surface area contributed by atoms with Gasteiger partial charge in [-0.15, -0.1) is 0 Å². The normalized spacial score (nSPS) is 35.6. The van der Waals surface area contributed by atoms with Crippen LogP contribution in [0.2, 0.25) is 0 Å². The lowest BCUT2D eigenvalue weighted by Crippen LogP contribution is -2.56. The molecule has 0 radical (unpaired) electrons. The molecule has 0 bridgehead atoms. The van der Waals surface area contributed by atoms with Gasteiger partial charge in [0, 0.05) is 37.8 Å². The van der Waals surface area contributed by atoms with E-state index in [0.717, 1.165) is 45.8 Å². The van der Waals surface area contributed by atoms with Crippen molar-refractivity contribution in [1.82, 2.24) is 4.90 Å². The van der Waals surface area contributed by atoms with Gasteiger partial charge in [0.15, 0.2) is 0 Å². The van der Waals surface area contributed by atoms with Crippen LogP contribution in [0, 0.1) is 5.41 Å². The average molecular weight is 267 g/mol. The second kappa shape index (κ2) is 5.90. The van der Waals surface area contributed by atoms with E-state index in [-0.39, 0.29) is 5.41 Å². The van der Waals surface area contributed by atoms with E-state index in [1.165, 1.54) is 32.0 Å². The van der Waals surface area contributed by atoms with Gasteiger partial charge in [-0.1, -0.05) is 12.8 Å². The fourth-order valence-corrected chi connectivity index (χ4v) is 3.87. The van der Waals surface area contributed by atoms with Crippen LogP contribution in [0.1, 0.15) is 38.5 Å². The molecule has 2 saturated heterocycles. The van der Waals surface area contributed by atoms with Crippen LogP contribution in [0.5, 0.6) is 0 Å². The third-order valence-electron chi connectivity index (χ3n) is 5.10. The molecule has 1 aliphatic carbocycles. The van der Waals surface area contributed by atoms with Gasteiger partial charge in [-0.2, -0.15) is 0 Å². The molecule has 0 aromatic heterocycles. The van der Waals surface area contributed by atoms with Gasteiger partial charge >= 0.3 is 0 Å². The van der Waals surface area contributed by atoms with Crippen LogP contribution in [-0.2, 0) is 14.3 Å². The number of carbonyl (C=O) groups is 1. The third-order valence-corrected chi connectivity index (χ3v) is 5.10. The maximum atomic E-state index is 11.6. The number of nitrogens with zero attached hydrogens (tertiary/aromatic N) is 1. The highest BCUT2D eigenvalue weighted by molar-refractivity contribution is 5.60. The largest absolute Gasteiger partial charge is 0.381 e. The van der Waals surface area contributed by atoms with Crippen LogP contribution in [0.4, 0.5) is 0 Å². The number of hydrogen-bond acceptors (Lipinski definition) is 4. The standard InChI is InChI=1S/C15H25NO3/c17-12-15(5-8-18-9-6-15)11-16-7-10-19-14-4-2-1-3-13(14)16/h12-14H,1-11H2. The molecule has 4 nitrogen and oxygen atoms in total. The van der Waals surface area contributed by atoms with Crippen molar-refractivity contribution in [3.63, 3.8) is 0 Å². The molecule has 3 aliphatic rings. The summed E-state index contributed by atoms with van der Waals surface area (Å²) < 4.78 is 11.3. The summed E-state index contributed by atoms with van der Waals surface area (Å²) in [4.78, 5) is 14.1. The maximum Gasteiger partial charge on any atom is 0.127 e. The Labute approximate surface area is 115 Å². The smallest absolute Gasteiger partial charge is 0.127 e. The number of carbonyl (C=O) groups excluding carboxylic acids is 1. The number of aldehydes is 1. The van der Waals surface area contributed by atoms with E-state index in [2.05, 4.69) is 4.90 Å². The van der Waals surface area contributed by atoms with E-state index >= 15 is 0 Å². The highest BCUT2D eigenvalue weighted by Crippen LogP contribution is 2.34. The zero-order valence-corrected chi connectivity index (χ0v) is 11.7. The zero-order valence-electron chi connectivity index (χ0n) is 11.7. The summed E-state index contributed by atoms with van der Waals surface area (Å²) in [6.07, 6.45) is 8.39. The quantitative estimate of drug-likeness (QED) is 0.729. The Morgan fingerprint density at radius 2 is 1.95 bits per heavy atom. The molecule has 0 amide bonds. The van der Waals surface area contributed by atoms with E-state index in [1.54, 1.807) is 0 Å². The molecule has 2 heterocycles. The number of hydrogen-bond donors (Lipinski definition) is 0. The Balaban J connectivity index is 1.68. The second-order valence-corrected chi connectivity index (χ2v) is 6.32. The van der Waals surface area contributed by atoms with Crippen LogP contribution in [0.15, 0.2) is 0 Å². The topological polar surface area (TPSA) is 38.8 Å². The first-order valence-electron chi connectivity index (χ1n) is 7.73. The predicted octanol–water partition coefficient (Wildman–Crippen LogP) is 1.63. The van der Waals surface area contributed by atoms with Gasteiger partial charge in [0.05, 0.1) is 12.7 Å². The SMILES string of the molecule is O=CC1(CN2CCOC3CCCCC32)CCOCC1. The Morgan fingerprint density at radius 1 is 1.16 bits per heavy atom. The summed E-state index contributed by atoms with van der Waals surface area (Å²) in [5, 5.41) is 0. The highest BCUT2D eigenvalue weighted by atomic mass is 16.5. The molecule has 3 rings (SSSR count). The molecular formula is C15H25NO3. The Hall–Kier alpha value is -0.450. The van der Waals surface area contributed by atoms with Crippen LogP contribution in [0.25, 0.3) is 0 Å². The van der Waals surface area contributed by atoms with Gasteiger partial charge in [-0.05, 0) is 25.7 Å². The number of ether oxygens (including phenoxy) is 2. The van der Waals surface area contributed by atoms with Gasteiger partial charge < -0.3 is 14.3 Å². The molecule has 1 saturated carbocycles. The van der Waals surface area contributed by atoms with Crippen LogP contribution < -0.4 is 0 Å². The molecule has 3 fully saturated rings. The lowest BCUT2D eigenvalue weighted by Gasteiger charge is -2.47. The number of rotatable bonds is 3. The van der Waals surface area contributed by atoms with E-state index in [0.29, 0.717) is 12.1 Å². The molecular weight excluding hydrogens is 242 g/mol. The summed E-state index contributed by atoms with van der Waals surface area (Å²) >= 11 is 0. The first kappa shape index (κ1) is 13.5. The van der Waals surface area contributed by atoms with Gasteiger partial charge in [-0.3, -0.25) is 4.90 Å². The first-order chi connectivity index (χ1) is 9.33. The van der Waals surface area contributed by atoms with Crippen molar-refractivity contribution in [3.05, 3.63) is 0 Å². The molecule has 108 valence electrons. The molecule has 2 unspecified atom stereocenters. The zero-order chi connectivity index (χ0) is 13.1. The Bertz CT molecular complexity index is 313. The summed E-state index contributed by atoms with van der Waals surface area (Å²) in [5.74, 6) is 0. The Morgan fingerprint density at radius 3 is 2.74 bits per heavy atom. The van der Waals surface area contributed by atoms with Crippen molar-refractivity contribution in [3.8, 4) is 0 Å². The van der Waals surface area contributed by atoms with Crippen molar-refractivity contribution >= 4 is 6.29 Å². The van der Waals surface area contributed by atoms with Crippen LogP contribution in [-0.4, -0.2) is 56.2 Å². The van der Waals surface area contributed by atoms with Gasteiger partial charge in [0.2, 0.25) is 0 Å². The van der Waals surface area contributed by atoms with Crippen molar-refractivity contribution in [2.75, 3.05) is 32.9 Å². The lowest BCUT2D eigenvalue weighted by atomic mass is 9.79. The average Bonchev–Trinajstić information content (AvgIpc) is 2.49. The highest BCUT2D eigenvalue weighted by Gasteiger charge is 2.40. The fourth-order valence-electron chi connectivity index (χ4n) is 3.87. The second-order valence-electron chi connectivity index (χ2n) is 6.32. The monoisotopic (exact) mass is 267 g/mol. The third kappa shape index (κ3) is 2.86. The molecule has 2 aliphatic heterocycles. The van der Waals surface area contributed by atoms with Crippen molar-refractivity contribution in [2.24, 2.45) is 5.41 Å². The van der Waals surface area contributed by atoms with E-state index in [9.17, 15) is 4.79 Å².